The molecular formula is C20H28N4O. The van der Waals surface area contributed by atoms with Crippen LogP contribution in [0.4, 0.5) is 0 Å². The second kappa shape index (κ2) is 6.56. The van der Waals surface area contributed by atoms with Crippen molar-refractivity contribution in [1.29, 1.82) is 0 Å². The maximum atomic E-state index is 9.96. The van der Waals surface area contributed by atoms with E-state index in [1.54, 1.807) is 0 Å². The molecule has 4 heterocycles. The molecule has 2 fully saturated rings. The minimum atomic E-state index is -0.146. The van der Waals surface area contributed by atoms with Crippen molar-refractivity contribution in [3.8, 4) is 5.69 Å². The first kappa shape index (κ1) is 16.8. The SMILES string of the molecule is Cc1cc(CN2C[C@H]3C[C@@H](O)CN3C[C@@H]2C)c(C)n1-c1cccnc1. The van der Waals surface area contributed by atoms with Gasteiger partial charge in [-0.15, -0.1) is 0 Å². The van der Waals surface area contributed by atoms with E-state index in [4.69, 9.17) is 0 Å². The van der Waals surface area contributed by atoms with Gasteiger partial charge in [0.25, 0.3) is 0 Å². The smallest absolute Gasteiger partial charge is 0.0682 e. The van der Waals surface area contributed by atoms with Gasteiger partial charge in [-0.1, -0.05) is 0 Å². The molecule has 2 aromatic rings. The van der Waals surface area contributed by atoms with Crippen LogP contribution in [0.25, 0.3) is 5.69 Å². The van der Waals surface area contributed by atoms with Gasteiger partial charge in [-0.25, -0.2) is 0 Å². The van der Waals surface area contributed by atoms with Crippen molar-refractivity contribution < 1.29 is 5.11 Å². The van der Waals surface area contributed by atoms with Gasteiger partial charge in [-0.05, 0) is 51.0 Å². The Morgan fingerprint density at radius 3 is 2.84 bits per heavy atom. The number of aromatic nitrogens is 2. The Morgan fingerprint density at radius 1 is 1.24 bits per heavy atom. The van der Waals surface area contributed by atoms with Crippen molar-refractivity contribution >= 4 is 0 Å². The molecule has 2 aliphatic rings. The van der Waals surface area contributed by atoms with Gasteiger partial charge in [0, 0.05) is 55.8 Å². The molecule has 0 bridgehead atoms. The van der Waals surface area contributed by atoms with E-state index < -0.39 is 0 Å². The van der Waals surface area contributed by atoms with Crippen LogP contribution in [0, 0.1) is 13.8 Å². The molecule has 134 valence electrons. The number of piperazine rings is 1. The van der Waals surface area contributed by atoms with E-state index >= 15 is 0 Å². The highest BCUT2D eigenvalue weighted by atomic mass is 16.3. The molecule has 25 heavy (non-hydrogen) atoms. The number of aliphatic hydroxyl groups excluding tert-OH is 1. The van der Waals surface area contributed by atoms with Crippen molar-refractivity contribution in [1.82, 2.24) is 19.4 Å². The fourth-order valence-electron chi connectivity index (χ4n) is 4.59. The molecule has 0 radical (unpaired) electrons. The molecule has 1 N–H and O–H groups in total. The maximum Gasteiger partial charge on any atom is 0.0682 e. The number of aliphatic hydroxyl groups is 1. The zero-order valence-electron chi connectivity index (χ0n) is 15.4. The lowest BCUT2D eigenvalue weighted by Gasteiger charge is -2.42. The molecule has 0 saturated carbocycles. The number of hydrogen-bond donors (Lipinski definition) is 1. The lowest BCUT2D eigenvalue weighted by Crippen LogP contribution is -2.54. The minimum Gasteiger partial charge on any atom is -0.392 e. The molecule has 0 aromatic carbocycles. The van der Waals surface area contributed by atoms with Crippen LogP contribution in [-0.2, 0) is 6.54 Å². The topological polar surface area (TPSA) is 44.5 Å². The number of fused-ring (bicyclic) bond motifs is 1. The average Bonchev–Trinajstić information content (AvgIpc) is 3.07. The Morgan fingerprint density at radius 2 is 2.08 bits per heavy atom. The van der Waals surface area contributed by atoms with Crippen LogP contribution in [0.3, 0.4) is 0 Å². The van der Waals surface area contributed by atoms with E-state index in [0.29, 0.717) is 12.1 Å². The zero-order valence-corrected chi connectivity index (χ0v) is 15.4. The van der Waals surface area contributed by atoms with Crippen molar-refractivity contribution in [2.75, 3.05) is 19.6 Å². The summed E-state index contributed by atoms with van der Waals surface area (Å²) >= 11 is 0. The zero-order chi connectivity index (χ0) is 17.6. The first-order valence-corrected chi connectivity index (χ1v) is 9.27. The quantitative estimate of drug-likeness (QED) is 0.930. The highest BCUT2D eigenvalue weighted by Gasteiger charge is 2.38. The van der Waals surface area contributed by atoms with Gasteiger partial charge >= 0.3 is 0 Å². The van der Waals surface area contributed by atoms with Crippen molar-refractivity contribution in [3.05, 3.63) is 47.5 Å². The minimum absolute atomic E-state index is 0.146. The summed E-state index contributed by atoms with van der Waals surface area (Å²) in [6, 6.07) is 7.43. The molecule has 0 amide bonds. The maximum absolute atomic E-state index is 9.96. The summed E-state index contributed by atoms with van der Waals surface area (Å²) < 4.78 is 2.29. The highest BCUT2D eigenvalue weighted by molar-refractivity contribution is 5.39. The number of pyridine rings is 1. The van der Waals surface area contributed by atoms with Crippen LogP contribution < -0.4 is 0 Å². The van der Waals surface area contributed by atoms with Gasteiger partial charge in [-0.2, -0.15) is 0 Å². The van der Waals surface area contributed by atoms with Gasteiger partial charge in [-0.3, -0.25) is 14.8 Å². The van der Waals surface area contributed by atoms with Crippen molar-refractivity contribution in [3.63, 3.8) is 0 Å². The number of rotatable bonds is 3. The Hall–Kier alpha value is -1.69. The predicted molar refractivity (Wildman–Crippen MR) is 98.9 cm³/mol. The summed E-state index contributed by atoms with van der Waals surface area (Å²) in [7, 11) is 0. The monoisotopic (exact) mass is 340 g/mol. The fourth-order valence-corrected chi connectivity index (χ4v) is 4.59. The number of aryl methyl sites for hydroxylation is 1. The molecule has 2 saturated heterocycles. The van der Waals surface area contributed by atoms with Gasteiger partial charge < -0.3 is 9.67 Å². The lowest BCUT2D eigenvalue weighted by atomic mass is 10.1. The molecule has 0 aliphatic carbocycles. The Labute approximate surface area is 149 Å². The summed E-state index contributed by atoms with van der Waals surface area (Å²) in [6.45, 7) is 10.6. The number of nitrogens with zero attached hydrogens (tertiary/aromatic N) is 4. The van der Waals surface area contributed by atoms with Crippen LogP contribution in [0.15, 0.2) is 30.6 Å². The Balaban J connectivity index is 1.55. The van der Waals surface area contributed by atoms with Crippen LogP contribution in [0.1, 0.15) is 30.3 Å². The Bertz CT molecular complexity index is 742. The first-order valence-electron chi connectivity index (χ1n) is 9.27. The van der Waals surface area contributed by atoms with Crippen molar-refractivity contribution in [2.45, 2.75) is 51.9 Å². The summed E-state index contributed by atoms with van der Waals surface area (Å²) in [4.78, 5) is 9.30. The van der Waals surface area contributed by atoms with E-state index in [1.165, 1.54) is 17.0 Å². The van der Waals surface area contributed by atoms with Crippen LogP contribution in [-0.4, -0.2) is 62.3 Å². The van der Waals surface area contributed by atoms with Crippen molar-refractivity contribution in [2.24, 2.45) is 0 Å². The highest BCUT2D eigenvalue weighted by Crippen LogP contribution is 2.28. The van der Waals surface area contributed by atoms with E-state index in [2.05, 4.69) is 52.3 Å². The van der Waals surface area contributed by atoms with E-state index in [0.717, 1.165) is 38.3 Å². The van der Waals surface area contributed by atoms with Gasteiger partial charge in [0.2, 0.25) is 0 Å². The van der Waals surface area contributed by atoms with E-state index in [9.17, 15) is 5.11 Å². The van der Waals surface area contributed by atoms with Gasteiger partial charge in [0.1, 0.15) is 0 Å². The van der Waals surface area contributed by atoms with Crippen LogP contribution >= 0.6 is 0 Å². The lowest BCUT2D eigenvalue weighted by molar-refractivity contribution is 0.0527. The normalized spacial score (nSPS) is 27.6. The predicted octanol–water partition coefficient (Wildman–Crippen LogP) is 2.13. The molecule has 4 rings (SSSR count). The largest absolute Gasteiger partial charge is 0.392 e. The second-order valence-electron chi connectivity index (χ2n) is 7.72. The summed E-state index contributed by atoms with van der Waals surface area (Å²) in [5.74, 6) is 0. The molecule has 0 unspecified atom stereocenters. The molecule has 2 aromatic heterocycles. The second-order valence-corrected chi connectivity index (χ2v) is 7.72. The molecule has 0 spiro atoms. The van der Waals surface area contributed by atoms with E-state index in [1.807, 2.05) is 18.5 Å². The molecular weight excluding hydrogens is 312 g/mol. The first-order chi connectivity index (χ1) is 12.0. The average molecular weight is 340 g/mol. The fraction of sp³-hybridized carbons (Fsp3) is 0.550. The van der Waals surface area contributed by atoms with E-state index in [-0.39, 0.29) is 6.10 Å². The molecule has 5 nitrogen and oxygen atoms in total. The molecule has 2 aliphatic heterocycles. The number of hydrogen-bond acceptors (Lipinski definition) is 4. The third-order valence-electron chi connectivity index (χ3n) is 5.89. The molecule has 3 atom stereocenters. The van der Waals surface area contributed by atoms with Gasteiger partial charge in [0.05, 0.1) is 18.0 Å². The summed E-state index contributed by atoms with van der Waals surface area (Å²) in [5.41, 5.74) is 5.07. The third kappa shape index (κ3) is 3.12. The van der Waals surface area contributed by atoms with Gasteiger partial charge in [0.15, 0.2) is 0 Å². The third-order valence-corrected chi connectivity index (χ3v) is 5.89. The van der Waals surface area contributed by atoms with Crippen LogP contribution in [0.2, 0.25) is 0 Å². The van der Waals surface area contributed by atoms with Crippen LogP contribution in [0.5, 0.6) is 0 Å². The molecule has 5 heteroatoms. The Kier molecular flexibility index (Phi) is 4.40. The standard InChI is InChI=1S/C20H28N4O/c1-14-7-17(16(3)24(14)18-5-4-6-21-9-18)11-22-12-19-8-20(25)13-23(19)10-15(22)2/h4-7,9,15,19-20,25H,8,10-13H2,1-3H3/t15-,19+,20+/m0/s1. The summed E-state index contributed by atoms with van der Waals surface area (Å²) in [6.07, 6.45) is 4.51. The summed E-state index contributed by atoms with van der Waals surface area (Å²) in [5, 5.41) is 9.96.